The zero-order valence-corrected chi connectivity index (χ0v) is 17.3. The zero-order chi connectivity index (χ0) is 20.6. The van der Waals surface area contributed by atoms with E-state index in [4.69, 9.17) is 0 Å². The number of fused-ring (bicyclic) bond motifs is 1. The smallest absolute Gasteiger partial charge is 0.276 e. The van der Waals surface area contributed by atoms with E-state index >= 15 is 0 Å². The van der Waals surface area contributed by atoms with Crippen LogP contribution >= 0.6 is 0 Å². The van der Waals surface area contributed by atoms with Gasteiger partial charge in [0.2, 0.25) is 5.91 Å². The van der Waals surface area contributed by atoms with Crippen molar-refractivity contribution >= 4 is 11.6 Å². The molecule has 0 radical (unpaired) electrons. The highest BCUT2D eigenvalue weighted by Gasteiger charge is 2.40. The summed E-state index contributed by atoms with van der Waals surface area (Å²) in [4.78, 5) is 32.9. The molecule has 1 fully saturated rings. The van der Waals surface area contributed by atoms with Gasteiger partial charge in [-0.05, 0) is 30.7 Å². The van der Waals surface area contributed by atoms with Gasteiger partial charge in [0, 0.05) is 36.1 Å². The average molecular weight is 393 g/mol. The molecule has 0 unspecified atom stereocenters. The van der Waals surface area contributed by atoms with Gasteiger partial charge in [-0.3, -0.25) is 14.7 Å². The van der Waals surface area contributed by atoms with Crippen molar-refractivity contribution in [2.45, 2.75) is 59.0 Å². The molecule has 1 amide bonds. The van der Waals surface area contributed by atoms with Gasteiger partial charge in [0.1, 0.15) is 0 Å². The van der Waals surface area contributed by atoms with Gasteiger partial charge in [-0.25, -0.2) is 9.50 Å². The number of hydrogen-bond acceptors (Lipinski definition) is 3. The first-order valence-corrected chi connectivity index (χ1v) is 10.3. The molecule has 1 aromatic carbocycles. The number of aromatic nitrogens is 3. The van der Waals surface area contributed by atoms with E-state index in [1.54, 1.807) is 19.2 Å². The second-order valence-electron chi connectivity index (χ2n) is 8.72. The van der Waals surface area contributed by atoms with Gasteiger partial charge in [-0.1, -0.05) is 50.6 Å². The molecule has 3 aromatic rings. The lowest BCUT2D eigenvalue weighted by molar-refractivity contribution is -0.135. The monoisotopic (exact) mass is 392 g/mol. The third kappa shape index (κ3) is 3.71. The van der Waals surface area contributed by atoms with Crippen molar-refractivity contribution in [2.75, 3.05) is 0 Å². The Bertz CT molecular complexity index is 1080. The summed E-state index contributed by atoms with van der Waals surface area (Å²) in [5.74, 6) is -0.0117. The first-order valence-electron chi connectivity index (χ1n) is 10.3. The molecule has 1 aliphatic rings. The Morgan fingerprint density at radius 3 is 2.72 bits per heavy atom. The van der Waals surface area contributed by atoms with Crippen LogP contribution in [0.2, 0.25) is 0 Å². The second-order valence-corrected chi connectivity index (χ2v) is 8.72. The van der Waals surface area contributed by atoms with E-state index in [-0.39, 0.29) is 29.3 Å². The maximum atomic E-state index is 13.5. The van der Waals surface area contributed by atoms with Crippen LogP contribution in [0.1, 0.15) is 49.9 Å². The van der Waals surface area contributed by atoms with Crippen LogP contribution in [0.5, 0.6) is 0 Å². The van der Waals surface area contributed by atoms with E-state index < -0.39 is 0 Å². The van der Waals surface area contributed by atoms with Crippen LogP contribution in [-0.4, -0.2) is 31.4 Å². The summed E-state index contributed by atoms with van der Waals surface area (Å²) < 4.78 is 1.40. The molecule has 1 saturated carbocycles. The fourth-order valence-electron chi connectivity index (χ4n) is 4.60. The van der Waals surface area contributed by atoms with Crippen LogP contribution in [0.3, 0.4) is 0 Å². The number of rotatable bonds is 5. The van der Waals surface area contributed by atoms with E-state index in [1.165, 1.54) is 4.52 Å². The Kier molecular flexibility index (Phi) is 5.03. The van der Waals surface area contributed by atoms with Crippen molar-refractivity contribution < 1.29 is 4.79 Å². The predicted molar refractivity (Wildman–Crippen MR) is 113 cm³/mol. The Labute approximate surface area is 170 Å². The number of aryl methyl sites for hydroxylation is 1. The van der Waals surface area contributed by atoms with Crippen LogP contribution in [0.25, 0.3) is 5.65 Å². The topological polar surface area (TPSA) is 70.5 Å². The number of hydrogen-bond donors (Lipinski definition) is 1. The molecule has 2 aromatic heterocycles. The van der Waals surface area contributed by atoms with E-state index in [9.17, 15) is 9.59 Å². The number of carbonyl (C=O) groups excluding carboxylic acids is 1. The number of aromatic amines is 1. The maximum absolute atomic E-state index is 13.5. The lowest BCUT2D eigenvalue weighted by Gasteiger charge is -2.38. The fraction of sp³-hybridized carbons (Fsp3) is 0.435. The van der Waals surface area contributed by atoms with E-state index in [0.29, 0.717) is 23.4 Å². The SMILES string of the molecule is Cc1nc2cc[nH]n2c(=O)c1CC(=O)N(Cc1ccccc1)[C@@H]1CCCC1(C)C. The van der Waals surface area contributed by atoms with Gasteiger partial charge in [0.05, 0.1) is 6.42 Å². The molecule has 0 aliphatic heterocycles. The summed E-state index contributed by atoms with van der Waals surface area (Å²) in [5, 5.41) is 2.88. The summed E-state index contributed by atoms with van der Waals surface area (Å²) in [5.41, 5.74) is 2.63. The van der Waals surface area contributed by atoms with Crippen molar-refractivity contribution in [1.29, 1.82) is 0 Å². The Morgan fingerprint density at radius 1 is 1.28 bits per heavy atom. The van der Waals surface area contributed by atoms with Crippen LogP contribution in [0.15, 0.2) is 47.4 Å². The largest absolute Gasteiger partial charge is 0.335 e. The molecule has 152 valence electrons. The maximum Gasteiger partial charge on any atom is 0.276 e. The molecule has 29 heavy (non-hydrogen) atoms. The quantitative estimate of drug-likeness (QED) is 0.723. The minimum Gasteiger partial charge on any atom is -0.335 e. The van der Waals surface area contributed by atoms with Crippen LogP contribution < -0.4 is 5.56 Å². The summed E-state index contributed by atoms with van der Waals surface area (Å²) in [6, 6.07) is 12.0. The Balaban J connectivity index is 1.67. The molecular formula is C23H28N4O2. The highest BCUT2D eigenvalue weighted by atomic mass is 16.2. The highest BCUT2D eigenvalue weighted by Crippen LogP contribution is 2.41. The minimum atomic E-state index is -0.198. The molecule has 1 atom stereocenters. The number of nitrogens with zero attached hydrogens (tertiary/aromatic N) is 3. The van der Waals surface area contributed by atoms with Crippen molar-refractivity contribution in [3.05, 3.63) is 69.8 Å². The molecular weight excluding hydrogens is 364 g/mol. The molecule has 6 nitrogen and oxygen atoms in total. The third-order valence-corrected chi connectivity index (χ3v) is 6.27. The molecule has 6 heteroatoms. The lowest BCUT2D eigenvalue weighted by atomic mass is 9.86. The summed E-state index contributed by atoms with van der Waals surface area (Å²) >= 11 is 0. The third-order valence-electron chi connectivity index (χ3n) is 6.27. The molecule has 1 N–H and O–H groups in total. The molecule has 1 aliphatic carbocycles. The zero-order valence-electron chi connectivity index (χ0n) is 17.3. The molecule has 0 spiro atoms. The first-order chi connectivity index (χ1) is 13.9. The molecule has 0 bridgehead atoms. The fourth-order valence-corrected chi connectivity index (χ4v) is 4.60. The number of nitrogens with one attached hydrogen (secondary N) is 1. The van der Waals surface area contributed by atoms with Gasteiger partial charge >= 0.3 is 0 Å². The van der Waals surface area contributed by atoms with Crippen molar-refractivity contribution in [1.82, 2.24) is 19.5 Å². The highest BCUT2D eigenvalue weighted by molar-refractivity contribution is 5.79. The van der Waals surface area contributed by atoms with Gasteiger partial charge in [-0.2, -0.15) is 0 Å². The average Bonchev–Trinajstić information content (AvgIpc) is 3.29. The van der Waals surface area contributed by atoms with E-state index in [1.807, 2.05) is 23.1 Å². The first kappa shape index (κ1) is 19.4. The van der Waals surface area contributed by atoms with Crippen LogP contribution in [-0.2, 0) is 17.8 Å². The Morgan fingerprint density at radius 2 is 2.03 bits per heavy atom. The Hall–Kier alpha value is -2.89. The predicted octanol–water partition coefficient (Wildman–Crippen LogP) is 3.48. The number of benzene rings is 1. The van der Waals surface area contributed by atoms with E-state index in [2.05, 4.69) is 36.1 Å². The normalized spacial score (nSPS) is 18.2. The van der Waals surface area contributed by atoms with Crippen molar-refractivity contribution in [2.24, 2.45) is 5.41 Å². The molecule has 2 heterocycles. The minimum absolute atomic E-state index is 0.0117. The van der Waals surface area contributed by atoms with Crippen LogP contribution in [0, 0.1) is 12.3 Å². The number of H-pyrrole nitrogens is 1. The van der Waals surface area contributed by atoms with Gasteiger partial charge in [0.15, 0.2) is 5.65 Å². The number of amides is 1. The van der Waals surface area contributed by atoms with Crippen molar-refractivity contribution in [3.63, 3.8) is 0 Å². The lowest BCUT2D eigenvalue weighted by Crippen LogP contribution is -2.46. The summed E-state index contributed by atoms with van der Waals surface area (Å²) in [7, 11) is 0. The van der Waals surface area contributed by atoms with E-state index in [0.717, 1.165) is 24.8 Å². The standard InChI is InChI=1S/C23H28N4O2/c1-16-18(22(29)27-20(25-16)11-13-24-27)14-21(28)26(15-17-8-5-4-6-9-17)19-10-7-12-23(19,2)3/h4-6,8-9,11,13,19,24H,7,10,12,14-15H2,1-3H3/t19-/m1/s1. The van der Waals surface area contributed by atoms with Gasteiger partial charge in [-0.15, -0.1) is 0 Å². The summed E-state index contributed by atoms with van der Waals surface area (Å²) in [6.45, 7) is 6.84. The number of carbonyl (C=O) groups is 1. The molecule has 4 rings (SSSR count). The van der Waals surface area contributed by atoms with Gasteiger partial charge in [0.25, 0.3) is 5.56 Å². The summed E-state index contributed by atoms with van der Waals surface area (Å²) in [6.07, 6.45) is 4.97. The second kappa shape index (κ2) is 7.50. The van der Waals surface area contributed by atoms with Crippen LogP contribution in [0.4, 0.5) is 0 Å². The molecule has 0 saturated heterocycles. The van der Waals surface area contributed by atoms with Gasteiger partial charge < -0.3 is 4.90 Å². The van der Waals surface area contributed by atoms with Crippen molar-refractivity contribution in [3.8, 4) is 0 Å².